The van der Waals surface area contributed by atoms with Crippen molar-refractivity contribution in [2.24, 2.45) is 0 Å². The molecule has 7 nitrogen and oxygen atoms in total. The second-order valence-corrected chi connectivity index (χ2v) is 6.07. The van der Waals surface area contributed by atoms with Crippen molar-refractivity contribution in [2.45, 2.75) is 25.6 Å². The Hall–Kier alpha value is -2.25. The van der Waals surface area contributed by atoms with Gasteiger partial charge in [-0.1, -0.05) is 6.07 Å². The molecule has 3 rings (SSSR count). The number of amides is 1. The minimum absolute atomic E-state index is 0.203. The highest BCUT2D eigenvalue weighted by atomic mass is 16.5. The normalized spacial score (nSPS) is 16.2. The number of carbonyl (C=O) groups excluding carboxylic acids is 1. The lowest BCUT2D eigenvalue weighted by Gasteiger charge is -2.16. The number of nitrogens with zero attached hydrogens (tertiary/aromatic N) is 4. The van der Waals surface area contributed by atoms with Gasteiger partial charge in [-0.05, 0) is 31.7 Å². The van der Waals surface area contributed by atoms with Gasteiger partial charge in [0.25, 0.3) is 5.91 Å². The number of nitrogens with one attached hydrogen (secondary N) is 1. The second-order valence-electron chi connectivity index (χ2n) is 6.07. The van der Waals surface area contributed by atoms with Crippen LogP contribution in [-0.4, -0.2) is 52.9 Å². The first-order valence-electron chi connectivity index (χ1n) is 8.13. The minimum Gasteiger partial charge on any atom is -0.382 e. The van der Waals surface area contributed by atoms with Crippen LogP contribution in [-0.2, 0) is 17.8 Å². The molecule has 3 heterocycles. The van der Waals surface area contributed by atoms with E-state index in [-0.39, 0.29) is 11.9 Å². The van der Waals surface area contributed by atoms with E-state index in [0.717, 1.165) is 37.4 Å². The van der Waals surface area contributed by atoms with Gasteiger partial charge in [0.05, 0.1) is 24.0 Å². The third-order valence-electron chi connectivity index (χ3n) is 4.12. The maximum Gasteiger partial charge on any atom is 0.272 e. The van der Waals surface area contributed by atoms with E-state index in [4.69, 9.17) is 4.74 Å². The van der Waals surface area contributed by atoms with Gasteiger partial charge in [-0.3, -0.25) is 14.5 Å². The van der Waals surface area contributed by atoms with Crippen LogP contribution in [0.2, 0.25) is 0 Å². The molecule has 0 unspecified atom stereocenters. The number of pyridine rings is 1. The lowest BCUT2D eigenvalue weighted by Crippen LogP contribution is -2.32. The smallest absolute Gasteiger partial charge is 0.272 e. The molecule has 7 heteroatoms. The number of ether oxygens (including phenoxy) is 1. The van der Waals surface area contributed by atoms with Crippen molar-refractivity contribution in [1.82, 2.24) is 25.0 Å². The van der Waals surface area contributed by atoms with Gasteiger partial charge in [-0.25, -0.2) is 0 Å². The summed E-state index contributed by atoms with van der Waals surface area (Å²) in [4.78, 5) is 19.1. The lowest BCUT2D eigenvalue weighted by atomic mass is 10.2. The molecule has 24 heavy (non-hydrogen) atoms. The van der Waals surface area contributed by atoms with E-state index in [2.05, 4.69) is 27.3 Å². The van der Waals surface area contributed by atoms with Crippen molar-refractivity contribution >= 4 is 5.91 Å². The van der Waals surface area contributed by atoms with Crippen LogP contribution in [0.5, 0.6) is 0 Å². The topological polar surface area (TPSA) is 72.3 Å². The molecule has 1 N–H and O–H groups in total. The number of fused-ring (bicyclic) bond motifs is 1. The average molecular weight is 329 g/mol. The van der Waals surface area contributed by atoms with E-state index < -0.39 is 0 Å². The fraction of sp³-hybridized carbons (Fsp3) is 0.471. The Labute approximate surface area is 141 Å². The summed E-state index contributed by atoms with van der Waals surface area (Å²) < 4.78 is 7.16. The van der Waals surface area contributed by atoms with Crippen LogP contribution in [0, 0.1) is 0 Å². The predicted molar refractivity (Wildman–Crippen MR) is 89.5 cm³/mol. The average Bonchev–Trinajstić information content (AvgIpc) is 2.90. The molecule has 1 aliphatic rings. The Morgan fingerprint density at radius 3 is 3.04 bits per heavy atom. The van der Waals surface area contributed by atoms with E-state index in [1.807, 2.05) is 28.9 Å². The molecular formula is C17H23N5O2. The maximum atomic E-state index is 12.6. The Morgan fingerprint density at radius 2 is 2.29 bits per heavy atom. The van der Waals surface area contributed by atoms with Crippen LogP contribution in [0.3, 0.4) is 0 Å². The molecule has 0 spiro atoms. The first-order valence-corrected chi connectivity index (χ1v) is 8.13. The van der Waals surface area contributed by atoms with Crippen molar-refractivity contribution < 1.29 is 9.53 Å². The predicted octanol–water partition coefficient (Wildman–Crippen LogP) is 1.23. The second kappa shape index (κ2) is 7.55. The standard InChI is InChI=1S/C17H23N5O2/c1-21-8-5-9-22-13(11-21)10-15(20-22)17(23)19-16(12-24-2)14-6-3-4-7-18-14/h3-4,6-7,10,16H,5,8-9,11-12H2,1-2H3,(H,19,23)/t16-/m1/s1. The highest BCUT2D eigenvalue weighted by Crippen LogP contribution is 2.15. The molecule has 1 aliphatic heterocycles. The van der Waals surface area contributed by atoms with Gasteiger partial charge in [0.15, 0.2) is 5.69 Å². The number of aryl methyl sites for hydroxylation is 1. The van der Waals surface area contributed by atoms with Crippen molar-refractivity contribution in [3.05, 3.63) is 47.5 Å². The van der Waals surface area contributed by atoms with E-state index >= 15 is 0 Å². The van der Waals surface area contributed by atoms with Crippen molar-refractivity contribution in [1.29, 1.82) is 0 Å². The van der Waals surface area contributed by atoms with Gasteiger partial charge in [0.2, 0.25) is 0 Å². The summed E-state index contributed by atoms with van der Waals surface area (Å²) in [6, 6.07) is 7.19. The Kier molecular flexibility index (Phi) is 5.22. The van der Waals surface area contributed by atoms with E-state index in [1.165, 1.54) is 0 Å². The van der Waals surface area contributed by atoms with Gasteiger partial charge in [-0.2, -0.15) is 5.10 Å². The molecule has 128 valence electrons. The largest absolute Gasteiger partial charge is 0.382 e. The third-order valence-corrected chi connectivity index (χ3v) is 4.12. The fourth-order valence-corrected chi connectivity index (χ4v) is 2.92. The number of carbonyl (C=O) groups is 1. The van der Waals surface area contributed by atoms with Crippen LogP contribution in [0.4, 0.5) is 0 Å². The van der Waals surface area contributed by atoms with E-state index in [0.29, 0.717) is 12.3 Å². The Balaban J connectivity index is 1.75. The van der Waals surface area contributed by atoms with Crippen LogP contribution in [0.15, 0.2) is 30.5 Å². The van der Waals surface area contributed by atoms with Crippen LogP contribution < -0.4 is 5.32 Å². The summed E-state index contributed by atoms with van der Waals surface area (Å²) in [6.07, 6.45) is 2.74. The molecule has 2 aromatic heterocycles. The summed E-state index contributed by atoms with van der Waals surface area (Å²) >= 11 is 0. The summed E-state index contributed by atoms with van der Waals surface area (Å²) in [5.74, 6) is -0.203. The number of hydrogen-bond donors (Lipinski definition) is 1. The molecule has 1 amide bonds. The SMILES string of the molecule is COC[C@@H](NC(=O)c1cc2n(n1)CCCN(C)C2)c1ccccn1. The molecule has 0 bridgehead atoms. The minimum atomic E-state index is -0.298. The zero-order valence-electron chi connectivity index (χ0n) is 14.1. The van der Waals surface area contributed by atoms with E-state index in [9.17, 15) is 4.79 Å². The third kappa shape index (κ3) is 3.80. The van der Waals surface area contributed by atoms with Crippen molar-refractivity contribution in [3.8, 4) is 0 Å². The fourth-order valence-electron chi connectivity index (χ4n) is 2.92. The zero-order chi connectivity index (χ0) is 16.9. The van der Waals surface area contributed by atoms with Crippen LogP contribution in [0.1, 0.15) is 34.3 Å². The molecule has 1 atom stereocenters. The summed E-state index contributed by atoms with van der Waals surface area (Å²) in [5, 5.41) is 7.44. The first-order chi connectivity index (χ1) is 11.7. The van der Waals surface area contributed by atoms with Crippen molar-refractivity contribution in [3.63, 3.8) is 0 Å². The first kappa shape index (κ1) is 16.6. The number of rotatable bonds is 5. The Morgan fingerprint density at radius 1 is 1.42 bits per heavy atom. The van der Waals surface area contributed by atoms with Gasteiger partial charge >= 0.3 is 0 Å². The molecule has 0 radical (unpaired) electrons. The Bertz CT molecular complexity index is 686. The van der Waals surface area contributed by atoms with Gasteiger partial charge in [-0.15, -0.1) is 0 Å². The lowest BCUT2D eigenvalue weighted by molar-refractivity contribution is 0.0888. The quantitative estimate of drug-likeness (QED) is 0.893. The molecule has 2 aromatic rings. The summed E-state index contributed by atoms with van der Waals surface area (Å²) in [6.45, 7) is 3.05. The highest BCUT2D eigenvalue weighted by Gasteiger charge is 2.21. The van der Waals surface area contributed by atoms with Gasteiger partial charge < -0.3 is 15.0 Å². The number of aromatic nitrogens is 3. The summed E-state index contributed by atoms with van der Waals surface area (Å²) in [5.41, 5.74) is 2.28. The molecule has 0 saturated heterocycles. The number of hydrogen-bond acceptors (Lipinski definition) is 5. The maximum absolute atomic E-state index is 12.6. The zero-order valence-corrected chi connectivity index (χ0v) is 14.1. The summed E-state index contributed by atoms with van der Waals surface area (Å²) in [7, 11) is 3.69. The van der Waals surface area contributed by atoms with Crippen LogP contribution in [0.25, 0.3) is 0 Å². The molecule has 0 aliphatic carbocycles. The van der Waals surface area contributed by atoms with Crippen LogP contribution >= 0.6 is 0 Å². The monoisotopic (exact) mass is 329 g/mol. The number of methoxy groups -OCH3 is 1. The van der Waals surface area contributed by atoms with Gasteiger partial charge in [0.1, 0.15) is 0 Å². The molecule has 0 saturated carbocycles. The molecule has 0 fully saturated rings. The van der Waals surface area contributed by atoms with Gasteiger partial charge in [0, 0.05) is 32.9 Å². The highest BCUT2D eigenvalue weighted by molar-refractivity contribution is 5.92. The molecular weight excluding hydrogens is 306 g/mol. The van der Waals surface area contributed by atoms with Crippen molar-refractivity contribution in [2.75, 3.05) is 27.3 Å². The van der Waals surface area contributed by atoms with E-state index in [1.54, 1.807) is 13.3 Å². The molecule has 0 aromatic carbocycles.